The first-order valence-corrected chi connectivity index (χ1v) is 4.46. The van der Waals surface area contributed by atoms with Crippen molar-refractivity contribution in [1.82, 2.24) is 0 Å². The van der Waals surface area contributed by atoms with E-state index in [1.165, 1.54) is 12.1 Å². The molecule has 0 saturated heterocycles. The highest BCUT2D eigenvalue weighted by atomic mass is 35.5. The molecule has 0 heterocycles. The number of hydrogen-bond donors (Lipinski definition) is 0. The zero-order valence-corrected chi connectivity index (χ0v) is 8.01. The summed E-state index contributed by atoms with van der Waals surface area (Å²) in [6.07, 6.45) is 0.169. The van der Waals surface area contributed by atoms with Crippen molar-refractivity contribution in [2.24, 2.45) is 0 Å². The Morgan fingerprint density at radius 2 is 2.15 bits per heavy atom. The van der Waals surface area contributed by atoms with Crippen molar-refractivity contribution in [3.05, 3.63) is 35.6 Å². The SMILES string of the molecule is CC(Cl)CC(=O)c1ccccc1F. The summed E-state index contributed by atoms with van der Waals surface area (Å²) in [5, 5.41) is -0.257. The maximum Gasteiger partial charge on any atom is 0.167 e. The van der Waals surface area contributed by atoms with Crippen LogP contribution in [-0.2, 0) is 0 Å². The molecule has 0 saturated carbocycles. The van der Waals surface area contributed by atoms with E-state index in [2.05, 4.69) is 0 Å². The molecular formula is C10H10ClFO. The molecule has 0 amide bonds. The third-order valence-corrected chi connectivity index (χ3v) is 1.80. The van der Waals surface area contributed by atoms with Gasteiger partial charge in [0.2, 0.25) is 0 Å². The van der Waals surface area contributed by atoms with E-state index in [1.807, 2.05) is 0 Å². The van der Waals surface area contributed by atoms with Gasteiger partial charge in [0.25, 0.3) is 0 Å². The van der Waals surface area contributed by atoms with Gasteiger partial charge in [-0.05, 0) is 19.1 Å². The molecule has 0 bridgehead atoms. The Kier molecular flexibility index (Phi) is 3.43. The minimum absolute atomic E-state index is 0.120. The van der Waals surface area contributed by atoms with Gasteiger partial charge in [-0.15, -0.1) is 11.6 Å². The van der Waals surface area contributed by atoms with E-state index in [9.17, 15) is 9.18 Å². The van der Waals surface area contributed by atoms with E-state index in [1.54, 1.807) is 19.1 Å². The fourth-order valence-corrected chi connectivity index (χ4v) is 1.19. The molecule has 70 valence electrons. The molecule has 1 unspecified atom stereocenters. The molecule has 0 fully saturated rings. The van der Waals surface area contributed by atoms with E-state index in [0.29, 0.717) is 0 Å². The predicted molar refractivity (Wildman–Crippen MR) is 50.7 cm³/mol. The number of alkyl halides is 1. The Morgan fingerprint density at radius 3 is 2.69 bits per heavy atom. The summed E-state index contributed by atoms with van der Waals surface area (Å²) >= 11 is 5.63. The van der Waals surface area contributed by atoms with Crippen LogP contribution in [0.25, 0.3) is 0 Å². The van der Waals surface area contributed by atoms with Gasteiger partial charge in [-0.1, -0.05) is 12.1 Å². The van der Waals surface area contributed by atoms with Crippen LogP contribution in [0, 0.1) is 5.82 Å². The Bertz CT molecular complexity index is 310. The number of ketones is 1. The molecule has 1 aromatic carbocycles. The summed E-state index contributed by atoms with van der Waals surface area (Å²) in [6.45, 7) is 1.71. The van der Waals surface area contributed by atoms with E-state index >= 15 is 0 Å². The lowest BCUT2D eigenvalue weighted by atomic mass is 10.1. The van der Waals surface area contributed by atoms with Crippen LogP contribution in [-0.4, -0.2) is 11.2 Å². The van der Waals surface area contributed by atoms with Gasteiger partial charge in [-0.25, -0.2) is 4.39 Å². The van der Waals surface area contributed by atoms with Crippen LogP contribution in [0.3, 0.4) is 0 Å². The van der Waals surface area contributed by atoms with Crippen molar-refractivity contribution < 1.29 is 9.18 Å². The largest absolute Gasteiger partial charge is 0.294 e. The summed E-state index contributed by atoms with van der Waals surface area (Å²) in [5.41, 5.74) is 0.120. The molecule has 13 heavy (non-hydrogen) atoms. The number of hydrogen-bond acceptors (Lipinski definition) is 1. The average molecular weight is 201 g/mol. The molecule has 0 aliphatic rings. The zero-order chi connectivity index (χ0) is 9.84. The summed E-state index contributed by atoms with van der Waals surface area (Å²) in [5.74, 6) is -0.731. The highest BCUT2D eigenvalue weighted by Gasteiger charge is 2.12. The maximum atomic E-state index is 13.0. The fraction of sp³-hybridized carbons (Fsp3) is 0.300. The molecule has 0 radical (unpaired) electrons. The Balaban J connectivity index is 2.83. The fourth-order valence-electron chi connectivity index (χ4n) is 1.05. The smallest absolute Gasteiger partial charge is 0.167 e. The normalized spacial score (nSPS) is 12.5. The lowest BCUT2D eigenvalue weighted by Gasteiger charge is -2.02. The molecule has 0 spiro atoms. The second-order valence-electron chi connectivity index (χ2n) is 2.89. The van der Waals surface area contributed by atoms with Gasteiger partial charge in [-0.3, -0.25) is 4.79 Å². The van der Waals surface area contributed by atoms with Crippen molar-refractivity contribution in [3.63, 3.8) is 0 Å². The van der Waals surface area contributed by atoms with Gasteiger partial charge in [0.15, 0.2) is 5.78 Å². The first-order chi connectivity index (χ1) is 6.11. The van der Waals surface area contributed by atoms with Gasteiger partial charge in [0, 0.05) is 11.8 Å². The van der Waals surface area contributed by atoms with Gasteiger partial charge < -0.3 is 0 Å². The van der Waals surface area contributed by atoms with Crippen molar-refractivity contribution in [3.8, 4) is 0 Å². The van der Waals surface area contributed by atoms with Gasteiger partial charge in [0.1, 0.15) is 5.82 Å². The third kappa shape index (κ3) is 2.81. The third-order valence-electron chi connectivity index (χ3n) is 1.64. The standard InChI is InChI=1S/C10H10ClFO/c1-7(11)6-10(13)8-4-2-3-5-9(8)12/h2-5,7H,6H2,1H3. The molecule has 1 aromatic rings. The Hall–Kier alpha value is -0.890. The van der Waals surface area contributed by atoms with Crippen LogP contribution >= 0.6 is 11.6 Å². The molecule has 3 heteroatoms. The topological polar surface area (TPSA) is 17.1 Å². The highest BCUT2D eigenvalue weighted by molar-refractivity contribution is 6.22. The number of halogens is 2. The first kappa shape index (κ1) is 10.2. The van der Waals surface area contributed by atoms with Crippen LogP contribution in [0.5, 0.6) is 0 Å². The summed E-state index contributed by atoms with van der Waals surface area (Å²) in [7, 11) is 0. The second kappa shape index (κ2) is 4.38. The minimum Gasteiger partial charge on any atom is -0.294 e. The highest BCUT2D eigenvalue weighted by Crippen LogP contribution is 2.12. The predicted octanol–water partition coefficient (Wildman–Crippen LogP) is 3.03. The summed E-state index contributed by atoms with van der Waals surface area (Å²) < 4.78 is 13.0. The zero-order valence-electron chi connectivity index (χ0n) is 7.26. The summed E-state index contributed by atoms with van der Waals surface area (Å²) in [6, 6.07) is 5.93. The molecule has 0 aliphatic heterocycles. The average Bonchev–Trinajstić information content (AvgIpc) is 2.03. The summed E-state index contributed by atoms with van der Waals surface area (Å²) in [4.78, 5) is 11.4. The number of carbonyl (C=O) groups is 1. The molecule has 1 nitrogen and oxygen atoms in total. The van der Waals surface area contributed by atoms with Gasteiger partial charge >= 0.3 is 0 Å². The second-order valence-corrected chi connectivity index (χ2v) is 3.63. The maximum absolute atomic E-state index is 13.0. The molecular weight excluding hydrogens is 191 g/mol. The van der Waals surface area contributed by atoms with E-state index in [-0.39, 0.29) is 23.1 Å². The van der Waals surface area contributed by atoms with E-state index in [4.69, 9.17) is 11.6 Å². The van der Waals surface area contributed by atoms with E-state index < -0.39 is 5.82 Å². The van der Waals surface area contributed by atoms with Crippen molar-refractivity contribution >= 4 is 17.4 Å². The number of benzene rings is 1. The number of Topliss-reactive ketones (excluding diaryl/α,β-unsaturated/α-hetero) is 1. The van der Waals surface area contributed by atoms with Crippen LogP contribution in [0.1, 0.15) is 23.7 Å². The molecule has 0 aliphatic carbocycles. The van der Waals surface area contributed by atoms with Crippen molar-refractivity contribution in [1.29, 1.82) is 0 Å². The molecule has 0 aromatic heterocycles. The molecule has 1 rings (SSSR count). The Morgan fingerprint density at radius 1 is 1.54 bits per heavy atom. The van der Waals surface area contributed by atoms with Crippen LogP contribution < -0.4 is 0 Å². The number of rotatable bonds is 3. The number of carbonyl (C=O) groups excluding carboxylic acids is 1. The quantitative estimate of drug-likeness (QED) is 0.542. The minimum atomic E-state index is -0.482. The lowest BCUT2D eigenvalue weighted by Crippen LogP contribution is -2.07. The first-order valence-electron chi connectivity index (χ1n) is 4.03. The Labute approximate surface area is 81.5 Å². The van der Waals surface area contributed by atoms with E-state index in [0.717, 1.165) is 0 Å². The molecule has 1 atom stereocenters. The molecule has 0 N–H and O–H groups in total. The monoisotopic (exact) mass is 200 g/mol. The van der Waals surface area contributed by atoms with Gasteiger partial charge in [0.05, 0.1) is 5.56 Å². The lowest BCUT2D eigenvalue weighted by molar-refractivity contribution is 0.0979. The van der Waals surface area contributed by atoms with Crippen LogP contribution in [0.2, 0.25) is 0 Å². The van der Waals surface area contributed by atoms with Gasteiger partial charge in [-0.2, -0.15) is 0 Å². The van der Waals surface area contributed by atoms with Crippen molar-refractivity contribution in [2.75, 3.05) is 0 Å². The van der Waals surface area contributed by atoms with Crippen molar-refractivity contribution in [2.45, 2.75) is 18.7 Å². The van der Waals surface area contributed by atoms with Crippen LogP contribution in [0.15, 0.2) is 24.3 Å². The van der Waals surface area contributed by atoms with Crippen LogP contribution in [0.4, 0.5) is 4.39 Å².